The molecule has 0 spiro atoms. The minimum absolute atomic E-state index is 0.00298. The van der Waals surface area contributed by atoms with Crippen molar-refractivity contribution in [1.29, 1.82) is 0 Å². The van der Waals surface area contributed by atoms with Gasteiger partial charge in [-0.3, -0.25) is 9.59 Å². The maximum atomic E-state index is 12.0. The van der Waals surface area contributed by atoms with Crippen molar-refractivity contribution in [1.82, 2.24) is 0 Å². The summed E-state index contributed by atoms with van der Waals surface area (Å²) < 4.78 is 10.9. The highest BCUT2D eigenvalue weighted by atomic mass is 16.6. The Hall–Kier alpha value is -2.67. The number of rotatable bonds is 10. The summed E-state index contributed by atoms with van der Waals surface area (Å²) in [6.07, 6.45) is -0.953. The number of hydrogen-bond donors (Lipinski definition) is 2. The summed E-state index contributed by atoms with van der Waals surface area (Å²) in [6, 6.07) is 6.29. The number of aliphatic hydroxyl groups is 1. The summed E-state index contributed by atoms with van der Waals surface area (Å²) in [7, 11) is 0. The van der Waals surface area contributed by atoms with Crippen LogP contribution in [0.5, 0.6) is 5.75 Å². The standard InChI is InChI=1S/C20H26O7/c1-12(2)16(11-26-19(24)13(3)10-17(21)22)27-15-8-6-14(7-9-15)18(23)20(4,5)25/h6-9,12,16,25H,3,10-11H2,1-2,4-5H3,(H,21,22). The Balaban J connectivity index is 2.72. The number of carboxylic acid groups (broad SMARTS) is 1. The molecule has 1 aromatic carbocycles. The molecule has 7 heteroatoms. The van der Waals surface area contributed by atoms with Crippen molar-refractivity contribution in [2.75, 3.05) is 6.61 Å². The van der Waals surface area contributed by atoms with Crippen LogP contribution in [0.2, 0.25) is 0 Å². The average molecular weight is 378 g/mol. The molecule has 27 heavy (non-hydrogen) atoms. The van der Waals surface area contributed by atoms with Crippen LogP contribution in [0.25, 0.3) is 0 Å². The van der Waals surface area contributed by atoms with Crippen molar-refractivity contribution in [3.05, 3.63) is 42.0 Å². The zero-order chi connectivity index (χ0) is 20.8. The first-order valence-corrected chi connectivity index (χ1v) is 8.52. The fraction of sp³-hybridized carbons (Fsp3) is 0.450. The summed E-state index contributed by atoms with van der Waals surface area (Å²) in [5.74, 6) is -1.86. The van der Waals surface area contributed by atoms with Crippen LogP contribution in [-0.2, 0) is 14.3 Å². The molecule has 7 nitrogen and oxygen atoms in total. The molecule has 1 rings (SSSR count). The maximum Gasteiger partial charge on any atom is 0.334 e. The minimum atomic E-state index is -1.46. The lowest BCUT2D eigenvalue weighted by Gasteiger charge is -2.23. The molecule has 0 fully saturated rings. The molecular weight excluding hydrogens is 352 g/mol. The fourth-order valence-electron chi connectivity index (χ4n) is 2.09. The van der Waals surface area contributed by atoms with Crippen LogP contribution in [0.3, 0.4) is 0 Å². The van der Waals surface area contributed by atoms with Gasteiger partial charge in [-0.2, -0.15) is 0 Å². The Morgan fingerprint density at radius 2 is 1.70 bits per heavy atom. The number of benzene rings is 1. The number of carbonyl (C=O) groups excluding carboxylic acids is 2. The highest BCUT2D eigenvalue weighted by Crippen LogP contribution is 2.20. The van der Waals surface area contributed by atoms with Crippen LogP contribution in [0, 0.1) is 5.92 Å². The number of ketones is 1. The summed E-state index contributed by atoms with van der Waals surface area (Å²) in [4.78, 5) is 34.4. The molecule has 0 aliphatic carbocycles. The van der Waals surface area contributed by atoms with Gasteiger partial charge in [-0.1, -0.05) is 20.4 Å². The van der Waals surface area contributed by atoms with E-state index in [0.29, 0.717) is 11.3 Å². The number of aliphatic carboxylic acids is 1. The van der Waals surface area contributed by atoms with E-state index in [9.17, 15) is 19.5 Å². The quantitative estimate of drug-likeness (QED) is 0.366. The van der Waals surface area contributed by atoms with Crippen LogP contribution in [0.15, 0.2) is 36.4 Å². The van der Waals surface area contributed by atoms with Gasteiger partial charge in [0.05, 0.1) is 6.42 Å². The maximum absolute atomic E-state index is 12.0. The first-order chi connectivity index (χ1) is 12.4. The molecule has 1 atom stereocenters. The van der Waals surface area contributed by atoms with E-state index in [4.69, 9.17) is 14.6 Å². The second-order valence-electron chi connectivity index (χ2n) is 7.09. The molecule has 0 saturated carbocycles. The topological polar surface area (TPSA) is 110 Å². The molecule has 1 aromatic rings. The van der Waals surface area contributed by atoms with Gasteiger partial charge in [-0.15, -0.1) is 0 Å². The van der Waals surface area contributed by atoms with E-state index in [2.05, 4.69) is 6.58 Å². The van der Waals surface area contributed by atoms with Gasteiger partial charge in [0.15, 0.2) is 5.78 Å². The third kappa shape index (κ3) is 7.22. The van der Waals surface area contributed by atoms with Crippen molar-refractivity contribution >= 4 is 17.7 Å². The highest BCUT2D eigenvalue weighted by molar-refractivity contribution is 6.01. The van der Waals surface area contributed by atoms with Crippen LogP contribution >= 0.6 is 0 Å². The average Bonchev–Trinajstić information content (AvgIpc) is 2.56. The van der Waals surface area contributed by atoms with Crippen LogP contribution in [0.1, 0.15) is 44.5 Å². The minimum Gasteiger partial charge on any atom is -0.487 e. The van der Waals surface area contributed by atoms with E-state index in [1.807, 2.05) is 13.8 Å². The lowest BCUT2D eigenvalue weighted by Crippen LogP contribution is -2.31. The number of esters is 1. The van der Waals surface area contributed by atoms with Gasteiger partial charge >= 0.3 is 11.9 Å². The van der Waals surface area contributed by atoms with Crippen LogP contribution in [0.4, 0.5) is 0 Å². The molecule has 0 saturated heterocycles. The van der Waals surface area contributed by atoms with E-state index in [1.165, 1.54) is 13.8 Å². The normalized spacial score (nSPS) is 12.4. The van der Waals surface area contributed by atoms with Gasteiger partial charge in [0, 0.05) is 11.1 Å². The SMILES string of the molecule is C=C(CC(=O)O)C(=O)OCC(Oc1ccc(C(=O)C(C)(C)O)cc1)C(C)C. The monoisotopic (exact) mass is 378 g/mol. The van der Waals surface area contributed by atoms with Gasteiger partial charge in [0.2, 0.25) is 0 Å². The Morgan fingerprint density at radius 1 is 1.15 bits per heavy atom. The first kappa shape index (κ1) is 22.4. The second-order valence-corrected chi connectivity index (χ2v) is 7.09. The molecule has 0 radical (unpaired) electrons. The molecule has 0 aliphatic rings. The third-order valence-corrected chi connectivity index (χ3v) is 3.74. The number of carbonyl (C=O) groups is 3. The summed E-state index contributed by atoms with van der Waals surface area (Å²) in [5.41, 5.74) is -1.25. The number of hydrogen-bond acceptors (Lipinski definition) is 6. The van der Waals surface area contributed by atoms with E-state index >= 15 is 0 Å². The lowest BCUT2D eigenvalue weighted by molar-refractivity contribution is -0.145. The van der Waals surface area contributed by atoms with E-state index < -0.39 is 35.8 Å². The van der Waals surface area contributed by atoms with E-state index in [0.717, 1.165) is 0 Å². The lowest BCUT2D eigenvalue weighted by atomic mass is 9.97. The van der Waals surface area contributed by atoms with E-state index in [-0.39, 0.29) is 18.1 Å². The van der Waals surface area contributed by atoms with Crippen LogP contribution in [-0.4, -0.2) is 46.2 Å². The molecule has 0 amide bonds. The molecular formula is C20H26O7. The van der Waals surface area contributed by atoms with E-state index in [1.54, 1.807) is 24.3 Å². The Kier molecular flexibility index (Phi) is 7.72. The molecule has 148 valence electrons. The molecule has 0 bridgehead atoms. The van der Waals surface area contributed by atoms with Crippen molar-refractivity contribution in [3.63, 3.8) is 0 Å². The van der Waals surface area contributed by atoms with Crippen molar-refractivity contribution in [2.45, 2.75) is 45.8 Å². The Morgan fingerprint density at radius 3 is 2.15 bits per heavy atom. The van der Waals surface area contributed by atoms with Gasteiger partial charge < -0.3 is 19.7 Å². The van der Waals surface area contributed by atoms with Gasteiger partial charge in [-0.25, -0.2) is 4.79 Å². The van der Waals surface area contributed by atoms with Gasteiger partial charge in [0.1, 0.15) is 24.1 Å². The third-order valence-electron chi connectivity index (χ3n) is 3.74. The fourth-order valence-corrected chi connectivity index (χ4v) is 2.09. The zero-order valence-corrected chi connectivity index (χ0v) is 16.0. The van der Waals surface area contributed by atoms with Crippen molar-refractivity contribution < 1.29 is 34.1 Å². The number of ether oxygens (including phenoxy) is 2. The van der Waals surface area contributed by atoms with Crippen LogP contribution < -0.4 is 4.74 Å². The molecule has 0 aliphatic heterocycles. The zero-order valence-electron chi connectivity index (χ0n) is 16.0. The summed E-state index contributed by atoms with van der Waals surface area (Å²) >= 11 is 0. The van der Waals surface area contributed by atoms with Crippen molar-refractivity contribution in [3.8, 4) is 5.75 Å². The molecule has 0 heterocycles. The predicted octanol–water partition coefficient (Wildman–Crippen LogP) is 2.62. The van der Waals surface area contributed by atoms with Gasteiger partial charge in [-0.05, 0) is 44.0 Å². The first-order valence-electron chi connectivity index (χ1n) is 8.52. The largest absolute Gasteiger partial charge is 0.487 e. The second kappa shape index (κ2) is 9.32. The number of carboxylic acids is 1. The van der Waals surface area contributed by atoms with Crippen molar-refractivity contribution in [2.24, 2.45) is 5.92 Å². The predicted molar refractivity (Wildman–Crippen MR) is 98.7 cm³/mol. The molecule has 0 aromatic heterocycles. The molecule has 2 N–H and O–H groups in total. The highest BCUT2D eigenvalue weighted by Gasteiger charge is 2.25. The van der Waals surface area contributed by atoms with Gasteiger partial charge in [0.25, 0.3) is 0 Å². The summed E-state index contributed by atoms with van der Waals surface area (Å²) in [5, 5.41) is 18.4. The smallest absolute Gasteiger partial charge is 0.334 e. The Labute approximate surface area is 158 Å². The molecule has 1 unspecified atom stereocenters. The Bertz CT molecular complexity index is 696. The number of Topliss-reactive ketones (excluding diaryl/α,β-unsaturated/α-hetero) is 1. The summed E-state index contributed by atoms with van der Waals surface area (Å²) in [6.45, 7) is 9.94.